The van der Waals surface area contributed by atoms with Gasteiger partial charge in [-0.05, 0) is 6.07 Å². The number of nitrogens with zero attached hydrogens (tertiary/aromatic N) is 2. The molecular weight excluding hydrogens is 245 g/mol. The summed E-state index contributed by atoms with van der Waals surface area (Å²) in [5.74, 6) is 0.711. The molecule has 2 aliphatic heterocycles. The second-order valence-corrected chi connectivity index (χ2v) is 4.77. The Morgan fingerprint density at radius 3 is 2.74 bits per heavy atom. The summed E-state index contributed by atoms with van der Waals surface area (Å²) in [5, 5.41) is 3.28. The molecule has 19 heavy (non-hydrogen) atoms. The first-order chi connectivity index (χ1) is 9.36. The zero-order chi connectivity index (χ0) is 13.1. The van der Waals surface area contributed by atoms with E-state index in [0.717, 1.165) is 32.0 Å². The minimum atomic E-state index is -0.171. The van der Waals surface area contributed by atoms with Crippen LogP contribution in [0.2, 0.25) is 0 Å². The van der Waals surface area contributed by atoms with Crippen molar-refractivity contribution in [3.63, 3.8) is 0 Å². The van der Waals surface area contributed by atoms with Crippen molar-refractivity contribution in [2.75, 3.05) is 39.4 Å². The zero-order valence-electron chi connectivity index (χ0n) is 10.8. The van der Waals surface area contributed by atoms with E-state index in [1.807, 2.05) is 12.1 Å². The molecule has 0 aromatic heterocycles. The topological polar surface area (TPSA) is 36.9 Å². The van der Waals surface area contributed by atoms with Crippen molar-refractivity contribution in [1.29, 1.82) is 0 Å². The maximum Gasteiger partial charge on any atom is 0.128 e. The highest BCUT2D eigenvalue weighted by molar-refractivity contribution is 5.89. The van der Waals surface area contributed by atoms with Crippen LogP contribution in [0.25, 0.3) is 0 Å². The van der Waals surface area contributed by atoms with Crippen molar-refractivity contribution in [2.45, 2.75) is 6.04 Å². The van der Waals surface area contributed by atoms with Crippen molar-refractivity contribution in [3.8, 4) is 0 Å². The molecule has 1 saturated heterocycles. The van der Waals surface area contributed by atoms with Crippen LogP contribution in [0, 0.1) is 5.82 Å². The lowest BCUT2D eigenvalue weighted by Crippen LogP contribution is -2.45. The first-order valence-corrected chi connectivity index (χ1v) is 6.71. The highest BCUT2D eigenvalue weighted by Crippen LogP contribution is 2.26. The normalized spacial score (nSPS) is 21.8. The molecule has 5 heteroatoms. The van der Waals surface area contributed by atoms with Gasteiger partial charge in [-0.15, -0.1) is 0 Å². The Bertz CT molecular complexity index is 472. The second-order valence-electron chi connectivity index (χ2n) is 4.77. The molecule has 0 amide bonds. The van der Waals surface area contributed by atoms with Gasteiger partial charge in [-0.1, -0.05) is 18.2 Å². The lowest BCUT2D eigenvalue weighted by Gasteiger charge is -2.34. The van der Waals surface area contributed by atoms with E-state index in [4.69, 9.17) is 4.74 Å². The van der Waals surface area contributed by atoms with Gasteiger partial charge in [0.2, 0.25) is 0 Å². The number of hydrogen-bond donors (Lipinski definition) is 1. The first-order valence-electron chi connectivity index (χ1n) is 6.71. The van der Waals surface area contributed by atoms with Crippen molar-refractivity contribution in [2.24, 2.45) is 4.99 Å². The average Bonchev–Trinajstić information content (AvgIpc) is 2.96. The predicted octanol–water partition coefficient (Wildman–Crippen LogP) is 1.20. The lowest BCUT2D eigenvalue weighted by molar-refractivity contribution is 0.0277. The minimum absolute atomic E-state index is 0.118. The summed E-state index contributed by atoms with van der Waals surface area (Å²) in [4.78, 5) is 6.72. The van der Waals surface area contributed by atoms with E-state index in [9.17, 15) is 4.39 Å². The van der Waals surface area contributed by atoms with Crippen LogP contribution in [0.5, 0.6) is 0 Å². The Hall–Kier alpha value is -1.46. The number of benzene rings is 1. The summed E-state index contributed by atoms with van der Waals surface area (Å²) in [6.45, 7) is 4.60. The number of rotatable bonds is 3. The molecule has 0 radical (unpaired) electrons. The van der Waals surface area contributed by atoms with Gasteiger partial charge in [0.15, 0.2) is 0 Å². The van der Waals surface area contributed by atoms with Crippen LogP contribution in [0.1, 0.15) is 11.6 Å². The molecule has 1 N–H and O–H groups in total. The van der Waals surface area contributed by atoms with Gasteiger partial charge in [0.1, 0.15) is 11.7 Å². The van der Waals surface area contributed by atoms with E-state index in [2.05, 4.69) is 15.2 Å². The third-order valence-corrected chi connectivity index (χ3v) is 3.57. The van der Waals surface area contributed by atoms with Crippen LogP contribution < -0.4 is 5.32 Å². The Kier molecular flexibility index (Phi) is 3.75. The number of ether oxygens (including phenoxy) is 1. The summed E-state index contributed by atoms with van der Waals surface area (Å²) in [6, 6.07) is 6.84. The molecule has 0 saturated carbocycles. The number of nitrogens with one attached hydrogen (secondary N) is 1. The van der Waals surface area contributed by atoms with Gasteiger partial charge < -0.3 is 10.1 Å². The van der Waals surface area contributed by atoms with E-state index in [1.165, 1.54) is 6.07 Å². The Balaban J connectivity index is 1.93. The first kappa shape index (κ1) is 12.6. The smallest absolute Gasteiger partial charge is 0.128 e. The fourth-order valence-corrected chi connectivity index (χ4v) is 2.65. The number of aliphatic imine (C=N–C) groups is 1. The van der Waals surface area contributed by atoms with Crippen LogP contribution in [-0.2, 0) is 4.74 Å². The highest BCUT2D eigenvalue weighted by atomic mass is 19.1. The Morgan fingerprint density at radius 1 is 1.26 bits per heavy atom. The number of morpholine rings is 1. The predicted molar refractivity (Wildman–Crippen MR) is 71.8 cm³/mol. The molecule has 1 fully saturated rings. The SMILES string of the molecule is Fc1ccccc1C(C1=NCCN1)N1CCOCC1. The molecule has 0 aliphatic carbocycles. The summed E-state index contributed by atoms with van der Waals surface area (Å²) in [6.07, 6.45) is 0. The fraction of sp³-hybridized carbons (Fsp3) is 0.500. The van der Waals surface area contributed by atoms with Crippen LogP contribution in [-0.4, -0.2) is 50.1 Å². The monoisotopic (exact) mass is 263 g/mol. The van der Waals surface area contributed by atoms with E-state index in [-0.39, 0.29) is 11.9 Å². The van der Waals surface area contributed by atoms with E-state index >= 15 is 0 Å². The molecule has 1 aromatic rings. The standard InChI is InChI=1S/C14H18FN3O/c15-12-4-2-1-3-11(12)13(14-16-5-6-17-14)18-7-9-19-10-8-18/h1-4,13H,5-10H2,(H,16,17). The minimum Gasteiger partial charge on any atom is -0.379 e. The van der Waals surface area contributed by atoms with Gasteiger partial charge in [0, 0.05) is 25.2 Å². The maximum absolute atomic E-state index is 14.1. The van der Waals surface area contributed by atoms with Gasteiger partial charge in [0.25, 0.3) is 0 Å². The highest BCUT2D eigenvalue weighted by Gasteiger charge is 2.30. The maximum atomic E-state index is 14.1. The van der Waals surface area contributed by atoms with Crippen LogP contribution >= 0.6 is 0 Å². The Morgan fingerprint density at radius 2 is 2.05 bits per heavy atom. The summed E-state index contributed by atoms with van der Waals surface area (Å²) in [5.41, 5.74) is 0.692. The third kappa shape index (κ3) is 2.62. The fourth-order valence-electron chi connectivity index (χ4n) is 2.65. The van der Waals surface area contributed by atoms with Crippen molar-refractivity contribution in [3.05, 3.63) is 35.6 Å². The average molecular weight is 263 g/mol. The second kappa shape index (κ2) is 5.67. The number of amidine groups is 1. The number of hydrogen-bond acceptors (Lipinski definition) is 4. The molecule has 2 heterocycles. The summed E-state index contributed by atoms with van der Waals surface area (Å²) in [7, 11) is 0. The third-order valence-electron chi connectivity index (χ3n) is 3.57. The van der Waals surface area contributed by atoms with Gasteiger partial charge in [-0.25, -0.2) is 4.39 Å². The van der Waals surface area contributed by atoms with E-state index in [0.29, 0.717) is 18.8 Å². The Labute approximate surface area is 112 Å². The van der Waals surface area contributed by atoms with E-state index < -0.39 is 0 Å². The quantitative estimate of drug-likeness (QED) is 0.890. The lowest BCUT2D eigenvalue weighted by atomic mass is 10.0. The van der Waals surface area contributed by atoms with Crippen LogP contribution in [0.15, 0.2) is 29.3 Å². The molecule has 2 aliphatic rings. The van der Waals surface area contributed by atoms with Crippen LogP contribution in [0.3, 0.4) is 0 Å². The molecule has 0 bridgehead atoms. The summed E-state index contributed by atoms with van der Waals surface area (Å²) < 4.78 is 19.5. The van der Waals surface area contributed by atoms with Gasteiger partial charge >= 0.3 is 0 Å². The van der Waals surface area contributed by atoms with Gasteiger partial charge in [-0.3, -0.25) is 9.89 Å². The van der Waals surface area contributed by atoms with Crippen LogP contribution in [0.4, 0.5) is 4.39 Å². The zero-order valence-corrected chi connectivity index (χ0v) is 10.8. The molecule has 3 rings (SSSR count). The molecule has 0 spiro atoms. The molecule has 1 aromatic carbocycles. The molecule has 4 nitrogen and oxygen atoms in total. The van der Waals surface area contributed by atoms with Gasteiger partial charge in [0.05, 0.1) is 25.8 Å². The summed E-state index contributed by atoms with van der Waals surface area (Å²) >= 11 is 0. The number of halogens is 1. The van der Waals surface area contributed by atoms with Gasteiger partial charge in [-0.2, -0.15) is 0 Å². The molecule has 1 atom stereocenters. The van der Waals surface area contributed by atoms with Crippen molar-refractivity contribution >= 4 is 5.84 Å². The molecular formula is C14H18FN3O. The largest absolute Gasteiger partial charge is 0.379 e. The molecule has 1 unspecified atom stereocenters. The van der Waals surface area contributed by atoms with E-state index in [1.54, 1.807) is 6.07 Å². The molecule has 102 valence electrons. The van der Waals surface area contributed by atoms with Crippen molar-refractivity contribution in [1.82, 2.24) is 10.2 Å². The van der Waals surface area contributed by atoms with Crippen molar-refractivity contribution < 1.29 is 9.13 Å².